The standard InChI is InChI=1S/C16H14FN/c17-16-10-8-14(9-11-16)3-1-2-13-4-6-15(12-18)7-5-13/h4-11H,1-3H2. The molecule has 2 rings (SSSR count). The van der Waals surface area contributed by atoms with Gasteiger partial charge in [0.1, 0.15) is 5.82 Å². The Kier molecular flexibility index (Phi) is 4.09. The minimum Gasteiger partial charge on any atom is -0.207 e. The monoisotopic (exact) mass is 239 g/mol. The number of rotatable bonds is 4. The van der Waals surface area contributed by atoms with Gasteiger partial charge in [0, 0.05) is 0 Å². The number of halogens is 1. The molecule has 0 aromatic heterocycles. The highest BCUT2D eigenvalue weighted by atomic mass is 19.1. The van der Waals surface area contributed by atoms with Crippen molar-refractivity contribution in [1.82, 2.24) is 0 Å². The second-order valence-corrected chi connectivity index (χ2v) is 4.29. The second kappa shape index (κ2) is 5.97. The molecule has 0 atom stereocenters. The first-order chi connectivity index (χ1) is 8.78. The lowest BCUT2D eigenvalue weighted by molar-refractivity contribution is 0.626. The van der Waals surface area contributed by atoms with E-state index in [1.54, 1.807) is 0 Å². The number of benzene rings is 2. The van der Waals surface area contributed by atoms with E-state index >= 15 is 0 Å². The summed E-state index contributed by atoms with van der Waals surface area (Å²) in [6, 6.07) is 16.4. The maximum absolute atomic E-state index is 12.7. The van der Waals surface area contributed by atoms with Crippen molar-refractivity contribution in [2.45, 2.75) is 19.3 Å². The predicted molar refractivity (Wildman–Crippen MR) is 69.6 cm³/mol. The van der Waals surface area contributed by atoms with Crippen LogP contribution in [0.5, 0.6) is 0 Å². The summed E-state index contributed by atoms with van der Waals surface area (Å²) >= 11 is 0. The van der Waals surface area contributed by atoms with Crippen molar-refractivity contribution in [2.75, 3.05) is 0 Å². The van der Waals surface area contributed by atoms with E-state index in [0.29, 0.717) is 5.56 Å². The molecule has 2 aromatic carbocycles. The van der Waals surface area contributed by atoms with Gasteiger partial charge >= 0.3 is 0 Å². The van der Waals surface area contributed by atoms with E-state index in [-0.39, 0.29) is 5.82 Å². The van der Waals surface area contributed by atoms with Crippen LogP contribution in [-0.2, 0) is 12.8 Å². The average molecular weight is 239 g/mol. The average Bonchev–Trinajstić information content (AvgIpc) is 2.42. The van der Waals surface area contributed by atoms with Gasteiger partial charge in [0.25, 0.3) is 0 Å². The smallest absolute Gasteiger partial charge is 0.123 e. The first kappa shape index (κ1) is 12.3. The molecule has 0 aliphatic carbocycles. The van der Waals surface area contributed by atoms with Crippen molar-refractivity contribution >= 4 is 0 Å². The van der Waals surface area contributed by atoms with E-state index < -0.39 is 0 Å². The molecule has 0 saturated heterocycles. The molecule has 0 fully saturated rings. The topological polar surface area (TPSA) is 23.8 Å². The quantitative estimate of drug-likeness (QED) is 0.794. The highest BCUT2D eigenvalue weighted by Crippen LogP contribution is 2.10. The van der Waals surface area contributed by atoms with Gasteiger partial charge in [-0.15, -0.1) is 0 Å². The third kappa shape index (κ3) is 3.43. The van der Waals surface area contributed by atoms with Crippen molar-refractivity contribution in [1.29, 1.82) is 5.26 Å². The van der Waals surface area contributed by atoms with Crippen LogP contribution in [0.4, 0.5) is 4.39 Å². The molecule has 1 nitrogen and oxygen atoms in total. The summed E-state index contributed by atoms with van der Waals surface area (Å²) in [5, 5.41) is 8.69. The van der Waals surface area contributed by atoms with Crippen LogP contribution in [0, 0.1) is 17.1 Å². The first-order valence-electron chi connectivity index (χ1n) is 6.01. The van der Waals surface area contributed by atoms with Gasteiger partial charge in [-0.25, -0.2) is 4.39 Å². The van der Waals surface area contributed by atoms with Gasteiger partial charge in [-0.05, 0) is 54.7 Å². The van der Waals surface area contributed by atoms with Crippen LogP contribution in [0.25, 0.3) is 0 Å². The number of hydrogen-bond acceptors (Lipinski definition) is 1. The zero-order chi connectivity index (χ0) is 12.8. The molecular formula is C16H14FN. The third-order valence-electron chi connectivity index (χ3n) is 2.93. The number of nitriles is 1. The van der Waals surface area contributed by atoms with Crippen LogP contribution < -0.4 is 0 Å². The Labute approximate surface area is 107 Å². The fourth-order valence-corrected chi connectivity index (χ4v) is 1.89. The third-order valence-corrected chi connectivity index (χ3v) is 2.93. The summed E-state index contributed by atoms with van der Waals surface area (Å²) in [4.78, 5) is 0. The van der Waals surface area contributed by atoms with Gasteiger partial charge in [-0.1, -0.05) is 24.3 Å². The molecule has 0 heterocycles. The number of nitrogens with zero attached hydrogens (tertiary/aromatic N) is 1. The van der Waals surface area contributed by atoms with Gasteiger partial charge in [0.15, 0.2) is 0 Å². The molecule has 0 aliphatic rings. The summed E-state index contributed by atoms with van der Waals surface area (Å²) in [7, 11) is 0. The lowest BCUT2D eigenvalue weighted by atomic mass is 10.0. The molecule has 0 spiro atoms. The summed E-state index contributed by atoms with van der Waals surface area (Å²) in [6.07, 6.45) is 2.95. The zero-order valence-corrected chi connectivity index (χ0v) is 10.1. The number of hydrogen-bond donors (Lipinski definition) is 0. The zero-order valence-electron chi connectivity index (χ0n) is 10.1. The Bertz CT molecular complexity index is 535. The van der Waals surface area contributed by atoms with E-state index in [0.717, 1.165) is 24.8 Å². The lowest BCUT2D eigenvalue weighted by Gasteiger charge is -2.02. The number of aryl methyl sites for hydroxylation is 2. The second-order valence-electron chi connectivity index (χ2n) is 4.29. The van der Waals surface area contributed by atoms with Crippen molar-refractivity contribution < 1.29 is 4.39 Å². The van der Waals surface area contributed by atoms with Crippen LogP contribution >= 0.6 is 0 Å². The van der Waals surface area contributed by atoms with E-state index in [1.807, 2.05) is 36.4 Å². The normalized spacial score (nSPS) is 10.0. The Morgan fingerprint density at radius 3 is 1.83 bits per heavy atom. The molecule has 0 unspecified atom stereocenters. The molecule has 0 amide bonds. The van der Waals surface area contributed by atoms with Crippen LogP contribution in [0.1, 0.15) is 23.1 Å². The predicted octanol–water partition coefficient (Wildman–Crippen LogP) is 3.87. The Morgan fingerprint density at radius 1 is 0.833 bits per heavy atom. The summed E-state index contributed by atoms with van der Waals surface area (Å²) in [5.41, 5.74) is 3.08. The van der Waals surface area contributed by atoms with Crippen molar-refractivity contribution in [3.05, 3.63) is 71.0 Å². The molecule has 0 saturated carbocycles. The SMILES string of the molecule is N#Cc1ccc(CCCc2ccc(F)cc2)cc1. The highest BCUT2D eigenvalue weighted by Gasteiger charge is 1.97. The van der Waals surface area contributed by atoms with Crippen molar-refractivity contribution in [3.8, 4) is 6.07 Å². The minimum atomic E-state index is -0.189. The highest BCUT2D eigenvalue weighted by molar-refractivity contribution is 5.31. The Morgan fingerprint density at radius 2 is 1.33 bits per heavy atom. The van der Waals surface area contributed by atoms with Gasteiger partial charge in [0.2, 0.25) is 0 Å². The van der Waals surface area contributed by atoms with Gasteiger partial charge in [0.05, 0.1) is 11.6 Å². The molecular weight excluding hydrogens is 225 g/mol. The van der Waals surface area contributed by atoms with E-state index in [9.17, 15) is 4.39 Å². The van der Waals surface area contributed by atoms with Crippen LogP contribution in [-0.4, -0.2) is 0 Å². The molecule has 0 N–H and O–H groups in total. The summed E-state index contributed by atoms with van der Waals surface area (Å²) in [6.45, 7) is 0. The van der Waals surface area contributed by atoms with Crippen LogP contribution in [0.3, 0.4) is 0 Å². The van der Waals surface area contributed by atoms with Gasteiger partial charge in [-0.3, -0.25) is 0 Å². The lowest BCUT2D eigenvalue weighted by Crippen LogP contribution is -1.90. The Balaban J connectivity index is 1.84. The molecule has 0 bridgehead atoms. The van der Waals surface area contributed by atoms with Crippen LogP contribution in [0.15, 0.2) is 48.5 Å². The van der Waals surface area contributed by atoms with Crippen molar-refractivity contribution in [3.63, 3.8) is 0 Å². The summed E-state index contributed by atoms with van der Waals surface area (Å²) in [5.74, 6) is -0.189. The van der Waals surface area contributed by atoms with Crippen LogP contribution in [0.2, 0.25) is 0 Å². The molecule has 0 aliphatic heterocycles. The maximum Gasteiger partial charge on any atom is 0.123 e. The molecule has 2 aromatic rings. The van der Waals surface area contributed by atoms with Gasteiger partial charge < -0.3 is 0 Å². The van der Waals surface area contributed by atoms with Gasteiger partial charge in [-0.2, -0.15) is 5.26 Å². The fraction of sp³-hybridized carbons (Fsp3) is 0.188. The molecule has 18 heavy (non-hydrogen) atoms. The fourth-order valence-electron chi connectivity index (χ4n) is 1.89. The van der Waals surface area contributed by atoms with E-state index in [1.165, 1.54) is 17.7 Å². The Hall–Kier alpha value is -2.14. The molecule has 0 radical (unpaired) electrons. The van der Waals surface area contributed by atoms with Crippen molar-refractivity contribution in [2.24, 2.45) is 0 Å². The largest absolute Gasteiger partial charge is 0.207 e. The van der Waals surface area contributed by atoms with E-state index in [4.69, 9.17) is 5.26 Å². The molecule has 90 valence electrons. The first-order valence-corrected chi connectivity index (χ1v) is 6.01. The molecule has 2 heteroatoms. The summed E-state index contributed by atoms with van der Waals surface area (Å²) < 4.78 is 12.7. The van der Waals surface area contributed by atoms with E-state index in [2.05, 4.69) is 6.07 Å². The minimum absolute atomic E-state index is 0.189. The maximum atomic E-state index is 12.7.